The van der Waals surface area contributed by atoms with Crippen LogP contribution < -0.4 is 5.32 Å². The summed E-state index contributed by atoms with van der Waals surface area (Å²) in [4.78, 5) is 0. The number of nitrogens with one attached hydrogen (secondary N) is 1. The van der Waals surface area contributed by atoms with Gasteiger partial charge < -0.3 is 10.4 Å². The smallest absolute Gasteiger partial charge is 0.0641 e. The summed E-state index contributed by atoms with van der Waals surface area (Å²) in [7, 11) is 0. The average Bonchev–Trinajstić information content (AvgIpc) is 2.26. The monoisotopic (exact) mass is 215 g/mol. The van der Waals surface area contributed by atoms with Gasteiger partial charge in [0, 0.05) is 0 Å². The van der Waals surface area contributed by atoms with Crippen LogP contribution in [-0.4, -0.2) is 29.9 Å². The van der Waals surface area contributed by atoms with E-state index in [2.05, 4.69) is 24.6 Å². The van der Waals surface area contributed by atoms with Crippen LogP contribution in [0.1, 0.15) is 26.2 Å². The number of thioether (sulfide) groups is 1. The highest BCUT2D eigenvalue weighted by Crippen LogP contribution is 2.30. The number of allylic oxidation sites excluding steroid dienone is 1. The van der Waals surface area contributed by atoms with E-state index in [1.165, 1.54) is 12.0 Å². The minimum Gasteiger partial charge on any atom is -0.392 e. The molecular formula is C11H21NOS. The molecule has 1 aliphatic carbocycles. The first-order valence-electron chi connectivity index (χ1n) is 5.36. The summed E-state index contributed by atoms with van der Waals surface area (Å²) in [6.07, 6.45) is 7.80. The van der Waals surface area contributed by atoms with E-state index in [4.69, 9.17) is 5.11 Å². The maximum absolute atomic E-state index is 9.10. The van der Waals surface area contributed by atoms with E-state index < -0.39 is 0 Å². The van der Waals surface area contributed by atoms with Crippen molar-refractivity contribution in [1.82, 2.24) is 5.32 Å². The van der Waals surface area contributed by atoms with Crippen molar-refractivity contribution in [2.45, 2.75) is 31.6 Å². The van der Waals surface area contributed by atoms with E-state index in [1.54, 1.807) is 0 Å². The van der Waals surface area contributed by atoms with E-state index in [0.717, 1.165) is 19.4 Å². The lowest BCUT2D eigenvalue weighted by Gasteiger charge is -2.29. The van der Waals surface area contributed by atoms with Gasteiger partial charge in [0.2, 0.25) is 0 Å². The molecule has 0 aromatic carbocycles. The van der Waals surface area contributed by atoms with Gasteiger partial charge in [0.25, 0.3) is 0 Å². The molecule has 14 heavy (non-hydrogen) atoms. The lowest BCUT2D eigenvalue weighted by atomic mass is 9.89. The summed E-state index contributed by atoms with van der Waals surface area (Å²) in [6.45, 7) is 3.42. The molecule has 1 rings (SSSR count). The zero-order chi connectivity index (χ0) is 10.4. The fraction of sp³-hybridized carbons (Fsp3) is 0.818. The Morgan fingerprint density at radius 3 is 3.07 bits per heavy atom. The number of aliphatic hydroxyl groups excluding tert-OH is 1. The molecule has 0 saturated carbocycles. The molecule has 2 nitrogen and oxygen atoms in total. The van der Waals surface area contributed by atoms with Crippen LogP contribution in [-0.2, 0) is 0 Å². The Balaban J connectivity index is 2.47. The standard InChI is InChI=1S/C11H21NOS/c1-3-12-11(14-2)10-6-4-5-9(7-10)8-13/h5,10-13H,3-4,6-8H2,1-2H3. The first kappa shape index (κ1) is 12.1. The predicted octanol–water partition coefficient (Wildman–Crippen LogP) is 2.00. The predicted molar refractivity (Wildman–Crippen MR) is 63.5 cm³/mol. The zero-order valence-electron chi connectivity index (χ0n) is 9.12. The average molecular weight is 215 g/mol. The third-order valence-corrected chi connectivity index (χ3v) is 3.84. The Bertz CT molecular complexity index is 194. The minimum absolute atomic E-state index is 0.240. The number of hydrogen-bond donors (Lipinski definition) is 2. The maximum atomic E-state index is 9.10. The van der Waals surface area contributed by atoms with Gasteiger partial charge in [-0.15, -0.1) is 11.8 Å². The third kappa shape index (κ3) is 3.30. The Morgan fingerprint density at radius 2 is 2.50 bits per heavy atom. The number of aliphatic hydroxyl groups is 1. The summed E-state index contributed by atoms with van der Waals surface area (Å²) in [5.74, 6) is 0.692. The van der Waals surface area contributed by atoms with Crippen LogP contribution >= 0.6 is 11.8 Å². The van der Waals surface area contributed by atoms with Crippen LogP contribution in [0.3, 0.4) is 0 Å². The lowest BCUT2D eigenvalue weighted by molar-refractivity contribution is 0.305. The largest absolute Gasteiger partial charge is 0.392 e. The summed E-state index contributed by atoms with van der Waals surface area (Å²) in [5.41, 5.74) is 1.22. The van der Waals surface area contributed by atoms with Crippen molar-refractivity contribution < 1.29 is 5.11 Å². The molecule has 2 atom stereocenters. The Morgan fingerprint density at radius 1 is 1.71 bits per heavy atom. The molecule has 0 aliphatic heterocycles. The molecule has 0 aromatic heterocycles. The van der Waals surface area contributed by atoms with Crippen LogP contribution in [0, 0.1) is 5.92 Å². The first-order valence-corrected chi connectivity index (χ1v) is 6.65. The highest BCUT2D eigenvalue weighted by Gasteiger charge is 2.22. The summed E-state index contributed by atoms with van der Waals surface area (Å²) >= 11 is 1.89. The Hall–Kier alpha value is 0.01000. The van der Waals surface area contributed by atoms with E-state index in [-0.39, 0.29) is 6.61 Å². The first-order chi connectivity index (χ1) is 6.81. The van der Waals surface area contributed by atoms with Crippen molar-refractivity contribution in [3.8, 4) is 0 Å². The molecule has 0 aromatic rings. The molecule has 0 radical (unpaired) electrons. The van der Waals surface area contributed by atoms with Gasteiger partial charge in [0.15, 0.2) is 0 Å². The van der Waals surface area contributed by atoms with Crippen molar-refractivity contribution >= 4 is 11.8 Å². The van der Waals surface area contributed by atoms with Crippen LogP contribution in [0.15, 0.2) is 11.6 Å². The Labute approximate surface area is 91.2 Å². The normalized spacial score (nSPS) is 24.5. The van der Waals surface area contributed by atoms with Crippen LogP contribution in [0.2, 0.25) is 0 Å². The molecule has 0 amide bonds. The number of hydrogen-bond acceptors (Lipinski definition) is 3. The molecule has 0 saturated heterocycles. The molecule has 1 aliphatic rings. The molecule has 0 spiro atoms. The third-order valence-electron chi connectivity index (χ3n) is 2.79. The molecule has 3 heteroatoms. The molecule has 0 bridgehead atoms. The number of rotatable bonds is 5. The van der Waals surface area contributed by atoms with Crippen molar-refractivity contribution in [2.24, 2.45) is 5.92 Å². The maximum Gasteiger partial charge on any atom is 0.0641 e. The van der Waals surface area contributed by atoms with E-state index in [1.807, 2.05) is 11.8 Å². The summed E-state index contributed by atoms with van der Waals surface area (Å²) in [5, 5.41) is 13.1. The molecule has 82 valence electrons. The van der Waals surface area contributed by atoms with Gasteiger partial charge >= 0.3 is 0 Å². The second-order valence-electron chi connectivity index (χ2n) is 3.78. The second kappa shape index (κ2) is 6.49. The SMILES string of the molecule is CCNC(SC)C1CCC=C(CO)C1. The van der Waals surface area contributed by atoms with Gasteiger partial charge in [-0.2, -0.15) is 0 Å². The summed E-state index contributed by atoms with van der Waals surface area (Å²) < 4.78 is 0. The Kier molecular flexibility index (Phi) is 5.60. The quantitative estimate of drug-likeness (QED) is 0.543. The van der Waals surface area contributed by atoms with Gasteiger partial charge in [0.1, 0.15) is 0 Å². The highest BCUT2D eigenvalue weighted by molar-refractivity contribution is 7.99. The molecule has 2 unspecified atom stereocenters. The van der Waals surface area contributed by atoms with Crippen molar-refractivity contribution in [3.63, 3.8) is 0 Å². The van der Waals surface area contributed by atoms with Crippen LogP contribution in [0.4, 0.5) is 0 Å². The molecular weight excluding hydrogens is 194 g/mol. The molecule has 0 heterocycles. The van der Waals surface area contributed by atoms with Crippen molar-refractivity contribution in [2.75, 3.05) is 19.4 Å². The second-order valence-corrected chi connectivity index (χ2v) is 4.76. The van der Waals surface area contributed by atoms with Crippen molar-refractivity contribution in [1.29, 1.82) is 0 Å². The van der Waals surface area contributed by atoms with Crippen LogP contribution in [0.5, 0.6) is 0 Å². The fourth-order valence-corrected chi connectivity index (χ4v) is 3.01. The van der Waals surface area contributed by atoms with Gasteiger partial charge in [-0.3, -0.25) is 0 Å². The minimum atomic E-state index is 0.240. The van der Waals surface area contributed by atoms with Gasteiger partial charge in [0.05, 0.1) is 12.0 Å². The van der Waals surface area contributed by atoms with Gasteiger partial charge in [-0.1, -0.05) is 13.0 Å². The van der Waals surface area contributed by atoms with Crippen molar-refractivity contribution in [3.05, 3.63) is 11.6 Å². The summed E-state index contributed by atoms with van der Waals surface area (Å²) in [6, 6.07) is 0. The molecule has 0 fully saturated rings. The van der Waals surface area contributed by atoms with Gasteiger partial charge in [-0.25, -0.2) is 0 Å². The fourth-order valence-electron chi connectivity index (χ4n) is 2.05. The zero-order valence-corrected chi connectivity index (χ0v) is 9.94. The van der Waals surface area contributed by atoms with E-state index >= 15 is 0 Å². The van der Waals surface area contributed by atoms with E-state index in [9.17, 15) is 0 Å². The van der Waals surface area contributed by atoms with Gasteiger partial charge in [-0.05, 0) is 43.6 Å². The van der Waals surface area contributed by atoms with Crippen LogP contribution in [0.25, 0.3) is 0 Å². The highest BCUT2D eigenvalue weighted by atomic mass is 32.2. The lowest BCUT2D eigenvalue weighted by Crippen LogP contribution is -2.34. The van der Waals surface area contributed by atoms with E-state index in [0.29, 0.717) is 11.3 Å². The molecule has 2 N–H and O–H groups in total. The topological polar surface area (TPSA) is 32.3 Å².